The van der Waals surface area contributed by atoms with Crippen LogP contribution >= 0.6 is 0 Å². The maximum absolute atomic E-state index is 11.5. The third-order valence-corrected chi connectivity index (χ3v) is 0.786. The Bertz CT molecular complexity index is 146. The largest absolute Gasteiger partial charge is 0.419 e. The van der Waals surface area contributed by atoms with Crippen molar-refractivity contribution < 1.29 is 13.2 Å². The molecule has 0 rings (SSSR count). The van der Waals surface area contributed by atoms with Crippen molar-refractivity contribution in [2.45, 2.75) is 20.0 Å². The lowest BCUT2D eigenvalue weighted by molar-refractivity contribution is -0.0911. The summed E-state index contributed by atoms with van der Waals surface area (Å²) < 4.78 is 34.5. The molecule has 0 aromatic carbocycles. The van der Waals surface area contributed by atoms with E-state index in [1.807, 2.05) is 0 Å². The summed E-state index contributed by atoms with van der Waals surface area (Å²) in [4.78, 5) is 0. The van der Waals surface area contributed by atoms with Crippen molar-refractivity contribution in [2.24, 2.45) is 0 Å². The number of hydrogen-bond donors (Lipinski definition) is 0. The molecule has 0 atom stereocenters. The van der Waals surface area contributed by atoms with Crippen LogP contribution in [0.4, 0.5) is 13.2 Å². The van der Waals surface area contributed by atoms with Crippen LogP contribution in [0.1, 0.15) is 13.8 Å². The first kappa shape index (κ1) is 8.31. The molecule has 0 aromatic heterocycles. The van der Waals surface area contributed by atoms with E-state index in [0.29, 0.717) is 0 Å². The maximum Gasteiger partial charge on any atom is 0.419 e. The molecular formula is C6H7F3. The van der Waals surface area contributed by atoms with Crippen molar-refractivity contribution in [1.29, 1.82) is 0 Å². The van der Waals surface area contributed by atoms with E-state index < -0.39 is 11.7 Å². The number of alkyl halides is 3. The molecule has 0 bridgehead atoms. The second-order valence-electron chi connectivity index (χ2n) is 1.56. The maximum atomic E-state index is 11.5. The zero-order chi connectivity index (χ0) is 7.49. The molecule has 0 aliphatic rings. The van der Waals surface area contributed by atoms with Crippen LogP contribution in [0, 0.1) is 0 Å². The predicted octanol–water partition coefficient (Wildman–Crippen LogP) is 2.67. The number of rotatable bonds is 0. The van der Waals surface area contributed by atoms with Crippen LogP contribution in [-0.4, -0.2) is 6.18 Å². The van der Waals surface area contributed by atoms with Crippen molar-refractivity contribution >= 4 is 0 Å². The Morgan fingerprint density at radius 3 is 2.00 bits per heavy atom. The molecule has 9 heavy (non-hydrogen) atoms. The van der Waals surface area contributed by atoms with Crippen molar-refractivity contribution in [2.75, 3.05) is 0 Å². The van der Waals surface area contributed by atoms with E-state index in [2.05, 4.69) is 5.73 Å². The van der Waals surface area contributed by atoms with Crippen molar-refractivity contribution in [3.63, 3.8) is 0 Å². The summed E-state index contributed by atoms with van der Waals surface area (Å²) in [5.74, 6) is 0. The average Bonchev–Trinajstić information content (AvgIpc) is 1.64. The minimum atomic E-state index is -4.22. The molecule has 0 amide bonds. The van der Waals surface area contributed by atoms with E-state index in [9.17, 15) is 13.2 Å². The monoisotopic (exact) mass is 136 g/mol. The van der Waals surface area contributed by atoms with Gasteiger partial charge in [0.1, 0.15) is 0 Å². The van der Waals surface area contributed by atoms with E-state index in [1.54, 1.807) is 0 Å². The molecule has 0 N–H and O–H groups in total. The quantitative estimate of drug-likeness (QED) is 0.449. The molecule has 0 aliphatic heterocycles. The first-order valence-corrected chi connectivity index (χ1v) is 2.43. The zero-order valence-electron chi connectivity index (χ0n) is 5.21. The van der Waals surface area contributed by atoms with Crippen LogP contribution in [0.15, 0.2) is 17.4 Å². The summed E-state index contributed by atoms with van der Waals surface area (Å²) in [6.45, 7) is 2.48. The highest BCUT2D eigenvalue weighted by Crippen LogP contribution is 2.23. The van der Waals surface area contributed by atoms with Gasteiger partial charge in [-0.3, -0.25) is 0 Å². The number of hydrogen-bond acceptors (Lipinski definition) is 0. The van der Waals surface area contributed by atoms with Crippen LogP contribution in [0.5, 0.6) is 0 Å². The lowest BCUT2D eigenvalue weighted by Crippen LogP contribution is -2.07. The molecule has 52 valence electrons. The molecule has 0 radical (unpaired) electrons. The Labute approximate surface area is 51.7 Å². The summed E-state index contributed by atoms with van der Waals surface area (Å²) >= 11 is 0. The first-order valence-electron chi connectivity index (χ1n) is 2.43. The number of allylic oxidation sites excluding steroid dienone is 1. The van der Waals surface area contributed by atoms with E-state index in [1.165, 1.54) is 13.0 Å². The fraction of sp³-hybridized carbons (Fsp3) is 0.500. The van der Waals surface area contributed by atoms with Gasteiger partial charge in [-0.1, -0.05) is 0 Å². The Kier molecular flexibility index (Phi) is 2.53. The van der Waals surface area contributed by atoms with Gasteiger partial charge in [-0.15, -0.1) is 5.73 Å². The lowest BCUT2D eigenvalue weighted by atomic mass is 10.3. The first-order chi connectivity index (χ1) is 3.98. The topological polar surface area (TPSA) is 0 Å². The Morgan fingerprint density at radius 2 is 1.89 bits per heavy atom. The second-order valence-corrected chi connectivity index (χ2v) is 1.56. The van der Waals surface area contributed by atoms with Gasteiger partial charge < -0.3 is 0 Å². The summed E-state index contributed by atoms with van der Waals surface area (Å²) in [6, 6.07) is 0. The molecule has 0 nitrogen and oxygen atoms in total. The zero-order valence-corrected chi connectivity index (χ0v) is 5.21. The summed E-state index contributed by atoms with van der Waals surface area (Å²) in [5, 5.41) is 0. The molecule has 0 aliphatic carbocycles. The molecule has 0 fully saturated rings. The summed E-state index contributed by atoms with van der Waals surface area (Å²) in [5.41, 5.74) is 1.36. The molecule has 0 heterocycles. The third kappa shape index (κ3) is 2.98. The van der Waals surface area contributed by atoms with Gasteiger partial charge in [-0.25, -0.2) is 0 Å². The van der Waals surface area contributed by atoms with Crippen molar-refractivity contribution in [3.8, 4) is 0 Å². The van der Waals surface area contributed by atoms with Crippen molar-refractivity contribution in [3.05, 3.63) is 17.4 Å². The highest BCUT2D eigenvalue weighted by molar-refractivity contribution is 5.03. The van der Waals surface area contributed by atoms with Crippen LogP contribution in [0.2, 0.25) is 0 Å². The van der Waals surface area contributed by atoms with Gasteiger partial charge in [-0.05, 0) is 19.9 Å². The molecular weight excluding hydrogens is 129 g/mol. The van der Waals surface area contributed by atoms with E-state index in [-0.39, 0.29) is 0 Å². The van der Waals surface area contributed by atoms with Crippen LogP contribution in [0.3, 0.4) is 0 Å². The molecule has 0 saturated carbocycles. The van der Waals surface area contributed by atoms with Gasteiger partial charge in [0.15, 0.2) is 0 Å². The van der Waals surface area contributed by atoms with Crippen LogP contribution in [0.25, 0.3) is 0 Å². The predicted molar refractivity (Wildman–Crippen MR) is 29.0 cm³/mol. The summed E-state index contributed by atoms with van der Waals surface area (Å²) in [6.07, 6.45) is -2.98. The molecule has 0 spiro atoms. The van der Waals surface area contributed by atoms with Crippen molar-refractivity contribution in [1.82, 2.24) is 0 Å². The standard InChI is InChI=1S/C6H7F3/c1-3-4-5(2)6(7,8)9/h3H,1-2H3. The van der Waals surface area contributed by atoms with Gasteiger partial charge in [-0.2, -0.15) is 13.2 Å². The van der Waals surface area contributed by atoms with Gasteiger partial charge >= 0.3 is 6.18 Å². The van der Waals surface area contributed by atoms with E-state index in [4.69, 9.17) is 0 Å². The molecule has 0 saturated heterocycles. The third-order valence-electron chi connectivity index (χ3n) is 0.786. The lowest BCUT2D eigenvalue weighted by Gasteiger charge is -2.01. The molecule has 3 heteroatoms. The SMILES string of the molecule is CC=C=C(C)C(F)(F)F. The average molecular weight is 136 g/mol. The highest BCUT2D eigenvalue weighted by atomic mass is 19.4. The second kappa shape index (κ2) is 2.74. The van der Waals surface area contributed by atoms with Gasteiger partial charge in [0, 0.05) is 0 Å². The minimum Gasteiger partial charge on any atom is -0.166 e. The Balaban J connectivity index is 4.40. The fourth-order valence-electron chi connectivity index (χ4n) is 0.298. The highest BCUT2D eigenvalue weighted by Gasteiger charge is 2.29. The smallest absolute Gasteiger partial charge is 0.166 e. The fourth-order valence-corrected chi connectivity index (χ4v) is 0.298. The normalized spacial score (nSPS) is 10.3. The van der Waals surface area contributed by atoms with Gasteiger partial charge in [0.25, 0.3) is 0 Å². The van der Waals surface area contributed by atoms with Crippen LogP contribution in [-0.2, 0) is 0 Å². The van der Waals surface area contributed by atoms with Gasteiger partial charge in [0.05, 0.1) is 5.57 Å². The molecule has 0 aromatic rings. The molecule has 0 unspecified atom stereocenters. The summed E-state index contributed by atoms with van der Waals surface area (Å²) in [7, 11) is 0. The minimum absolute atomic E-state index is 0.690. The van der Waals surface area contributed by atoms with E-state index >= 15 is 0 Å². The number of halogens is 3. The van der Waals surface area contributed by atoms with E-state index in [0.717, 1.165) is 6.92 Å². The van der Waals surface area contributed by atoms with Gasteiger partial charge in [0.2, 0.25) is 0 Å². The van der Waals surface area contributed by atoms with Crippen LogP contribution < -0.4 is 0 Å². The Morgan fingerprint density at radius 1 is 1.44 bits per heavy atom. The Hall–Kier alpha value is -0.690.